The number of hydrogen-bond donors (Lipinski definition) is 3. The second-order valence-electron chi connectivity index (χ2n) is 5.92. The van der Waals surface area contributed by atoms with Gasteiger partial charge in [-0.05, 0) is 49.9 Å². The van der Waals surface area contributed by atoms with Crippen LogP contribution < -0.4 is 16.4 Å². The number of carbonyl (C=O) groups excluding carboxylic acids is 2. The number of rotatable bonds is 5. The molecule has 0 aliphatic heterocycles. The van der Waals surface area contributed by atoms with Gasteiger partial charge >= 0.3 is 0 Å². The first-order chi connectivity index (χ1) is 10.9. The summed E-state index contributed by atoms with van der Waals surface area (Å²) in [5, 5.41) is 6.50. The number of carbonyl (C=O) groups is 2. The number of anilines is 1. The van der Waals surface area contributed by atoms with Gasteiger partial charge in [0.1, 0.15) is 5.00 Å². The second-order valence-corrected chi connectivity index (χ2v) is 7.55. The molecule has 0 radical (unpaired) electrons. The summed E-state index contributed by atoms with van der Waals surface area (Å²) in [6.45, 7) is 3.93. The maximum absolute atomic E-state index is 12.0. The van der Waals surface area contributed by atoms with Crippen LogP contribution in [0.1, 0.15) is 59.8 Å². The molecule has 0 spiro atoms. The zero-order chi connectivity index (χ0) is 17.0. The van der Waals surface area contributed by atoms with Gasteiger partial charge in [-0.2, -0.15) is 0 Å². The van der Waals surface area contributed by atoms with Crippen molar-refractivity contribution in [1.82, 2.24) is 5.32 Å². The fourth-order valence-corrected chi connectivity index (χ4v) is 4.58. The normalized spacial score (nSPS) is 14.7. The predicted octanol–water partition coefficient (Wildman–Crippen LogP) is 3.11. The summed E-state index contributed by atoms with van der Waals surface area (Å²) in [5.74, 6) is -0.0811. The minimum Gasteiger partial charge on any atom is -0.365 e. The van der Waals surface area contributed by atoms with Crippen LogP contribution in [-0.2, 0) is 11.2 Å². The van der Waals surface area contributed by atoms with Crippen LogP contribution in [0.5, 0.6) is 0 Å². The summed E-state index contributed by atoms with van der Waals surface area (Å²) in [5.41, 5.74) is 6.90. The number of hydrogen-bond acceptors (Lipinski definition) is 4. The Morgan fingerprint density at radius 1 is 1.35 bits per heavy atom. The van der Waals surface area contributed by atoms with Gasteiger partial charge < -0.3 is 16.4 Å². The Kier molecular flexibility index (Phi) is 6.12. The van der Waals surface area contributed by atoms with Crippen LogP contribution >= 0.6 is 23.6 Å². The van der Waals surface area contributed by atoms with Crippen LogP contribution in [-0.4, -0.2) is 16.9 Å². The lowest BCUT2D eigenvalue weighted by molar-refractivity contribution is -0.120. The van der Waals surface area contributed by atoms with Crippen LogP contribution in [0.15, 0.2) is 0 Å². The minimum absolute atomic E-state index is 0.0704. The minimum atomic E-state index is -0.478. The van der Waals surface area contributed by atoms with Crippen LogP contribution in [0.25, 0.3) is 0 Å². The Balaban J connectivity index is 1.99. The van der Waals surface area contributed by atoms with E-state index in [1.165, 1.54) is 24.2 Å². The number of thiocarbonyl (C=S) groups is 1. The van der Waals surface area contributed by atoms with Gasteiger partial charge in [0, 0.05) is 11.3 Å². The molecule has 4 N–H and O–H groups in total. The number of nitrogens with two attached hydrogens (primary N) is 1. The third kappa shape index (κ3) is 4.51. The molecule has 1 fully saturated rings. The van der Waals surface area contributed by atoms with E-state index in [1.807, 2.05) is 13.8 Å². The predicted molar refractivity (Wildman–Crippen MR) is 97.9 cm³/mol. The zero-order valence-electron chi connectivity index (χ0n) is 13.5. The van der Waals surface area contributed by atoms with Crippen LogP contribution in [0.3, 0.4) is 0 Å². The summed E-state index contributed by atoms with van der Waals surface area (Å²) < 4.78 is 0. The average molecular weight is 354 g/mol. The highest BCUT2D eigenvalue weighted by atomic mass is 32.1. The summed E-state index contributed by atoms with van der Waals surface area (Å²) >= 11 is 6.63. The molecule has 0 bridgehead atoms. The molecule has 0 atom stereocenters. The van der Waals surface area contributed by atoms with Crippen molar-refractivity contribution in [2.75, 3.05) is 5.32 Å². The molecule has 0 aromatic carbocycles. The highest BCUT2D eigenvalue weighted by molar-refractivity contribution is 7.80. The molecule has 126 valence electrons. The molecular formula is C16H23N3O2S2. The maximum atomic E-state index is 12.0. The Labute approximate surface area is 146 Å². The fourth-order valence-electron chi connectivity index (χ4n) is 3.14. The van der Waals surface area contributed by atoms with E-state index in [1.54, 1.807) is 0 Å². The van der Waals surface area contributed by atoms with Gasteiger partial charge in [0.05, 0.1) is 5.56 Å². The first-order valence-corrected chi connectivity index (χ1v) is 9.17. The quantitative estimate of drug-likeness (QED) is 0.710. The standard InChI is InChI=1S/C16H23N3O2S2/c1-3-11-9(2)23-15(13(11)14(17)21)19-16(22)18-12(20)8-10-6-4-5-7-10/h10H,3-8H2,1-2H3,(H2,17,21)(H2,18,19,20,22). The molecule has 1 aliphatic rings. The average Bonchev–Trinajstić information content (AvgIpc) is 3.05. The molecule has 2 rings (SSSR count). The van der Waals surface area contributed by atoms with Gasteiger partial charge in [-0.15, -0.1) is 11.3 Å². The molecule has 1 saturated carbocycles. The molecule has 1 aliphatic carbocycles. The Bertz CT molecular complexity index is 619. The van der Waals surface area contributed by atoms with E-state index < -0.39 is 5.91 Å². The largest absolute Gasteiger partial charge is 0.365 e. The van der Waals surface area contributed by atoms with Crippen molar-refractivity contribution in [2.24, 2.45) is 11.7 Å². The first kappa shape index (κ1) is 17.9. The lowest BCUT2D eigenvalue weighted by Gasteiger charge is -2.12. The number of amides is 2. The zero-order valence-corrected chi connectivity index (χ0v) is 15.2. The van der Waals surface area contributed by atoms with Crippen molar-refractivity contribution in [3.63, 3.8) is 0 Å². The van der Waals surface area contributed by atoms with Crippen molar-refractivity contribution in [3.05, 3.63) is 16.0 Å². The van der Waals surface area contributed by atoms with E-state index in [4.69, 9.17) is 18.0 Å². The van der Waals surface area contributed by atoms with Crippen molar-refractivity contribution in [1.29, 1.82) is 0 Å². The molecule has 1 heterocycles. The van der Waals surface area contributed by atoms with Gasteiger partial charge in [-0.3, -0.25) is 9.59 Å². The summed E-state index contributed by atoms with van der Waals surface area (Å²) in [4.78, 5) is 24.8. The Morgan fingerprint density at radius 3 is 2.57 bits per heavy atom. The second kappa shape index (κ2) is 7.88. The highest BCUT2D eigenvalue weighted by Crippen LogP contribution is 2.33. The number of thiophene rings is 1. The monoisotopic (exact) mass is 353 g/mol. The maximum Gasteiger partial charge on any atom is 0.251 e. The van der Waals surface area contributed by atoms with Crippen molar-refractivity contribution >= 4 is 45.5 Å². The van der Waals surface area contributed by atoms with E-state index in [0.29, 0.717) is 22.9 Å². The van der Waals surface area contributed by atoms with Gasteiger partial charge in [0.2, 0.25) is 5.91 Å². The fraction of sp³-hybridized carbons (Fsp3) is 0.562. The molecule has 0 saturated heterocycles. The summed E-state index contributed by atoms with van der Waals surface area (Å²) in [7, 11) is 0. The van der Waals surface area contributed by atoms with Crippen LogP contribution in [0, 0.1) is 12.8 Å². The first-order valence-electron chi connectivity index (χ1n) is 7.95. The smallest absolute Gasteiger partial charge is 0.251 e. The molecule has 23 heavy (non-hydrogen) atoms. The van der Waals surface area contributed by atoms with Gasteiger partial charge in [-0.1, -0.05) is 19.8 Å². The lowest BCUT2D eigenvalue weighted by atomic mass is 10.0. The van der Waals surface area contributed by atoms with Gasteiger partial charge in [0.15, 0.2) is 5.11 Å². The molecular weight excluding hydrogens is 330 g/mol. The third-order valence-corrected chi connectivity index (χ3v) is 5.50. The number of nitrogens with one attached hydrogen (secondary N) is 2. The Morgan fingerprint density at radius 2 is 2.00 bits per heavy atom. The van der Waals surface area contributed by atoms with Crippen molar-refractivity contribution in [3.8, 4) is 0 Å². The van der Waals surface area contributed by atoms with Crippen molar-refractivity contribution in [2.45, 2.75) is 52.4 Å². The third-order valence-electron chi connectivity index (χ3n) is 4.24. The van der Waals surface area contributed by atoms with E-state index in [-0.39, 0.29) is 11.0 Å². The molecule has 1 aromatic heterocycles. The molecule has 7 heteroatoms. The van der Waals surface area contributed by atoms with Gasteiger partial charge in [-0.25, -0.2) is 0 Å². The summed E-state index contributed by atoms with van der Waals surface area (Å²) in [6, 6.07) is 0. The van der Waals surface area contributed by atoms with E-state index in [9.17, 15) is 9.59 Å². The van der Waals surface area contributed by atoms with E-state index in [2.05, 4.69) is 10.6 Å². The van der Waals surface area contributed by atoms with Crippen LogP contribution in [0.2, 0.25) is 0 Å². The molecule has 0 unspecified atom stereocenters. The molecule has 2 amide bonds. The SMILES string of the molecule is CCc1c(C)sc(NC(=S)NC(=O)CC2CCCC2)c1C(N)=O. The molecule has 1 aromatic rings. The Hall–Kier alpha value is -1.47. The van der Waals surface area contributed by atoms with E-state index >= 15 is 0 Å². The topological polar surface area (TPSA) is 84.2 Å². The van der Waals surface area contributed by atoms with Gasteiger partial charge in [0.25, 0.3) is 5.91 Å². The number of primary amides is 1. The highest BCUT2D eigenvalue weighted by Gasteiger charge is 2.21. The van der Waals surface area contributed by atoms with Crippen molar-refractivity contribution < 1.29 is 9.59 Å². The van der Waals surface area contributed by atoms with E-state index in [0.717, 1.165) is 29.7 Å². The number of aryl methyl sites for hydroxylation is 1. The summed E-state index contributed by atoms with van der Waals surface area (Å²) in [6.07, 6.45) is 5.87. The lowest BCUT2D eigenvalue weighted by Crippen LogP contribution is -2.35. The molecule has 5 nitrogen and oxygen atoms in total. The van der Waals surface area contributed by atoms with Crippen LogP contribution in [0.4, 0.5) is 5.00 Å².